The number of nitrogens with one attached hydrogen (secondary N) is 2. The SMILES string of the molecule is C=CC1=C(C)c2cc3nc(c(CC(=O)O)c4[nH]c(cc5[nH]c(cc1n2)c(C)c5CC)c(C)c4C(=O)O)[C@@H](CCC(=O)ON1C(=O)CCC1=O)C3. The molecule has 3 aromatic rings. The van der Waals surface area contributed by atoms with Gasteiger partial charge in [-0.25, -0.2) is 14.6 Å². The van der Waals surface area contributed by atoms with Crippen molar-refractivity contribution in [3.8, 4) is 0 Å². The average molecular weight is 680 g/mol. The first-order valence-electron chi connectivity index (χ1n) is 16.4. The monoisotopic (exact) mass is 679 g/mol. The Morgan fingerprint density at radius 1 is 0.960 bits per heavy atom. The number of hydrogen-bond acceptors (Lipinski definition) is 8. The number of hydroxylamine groups is 2. The number of aliphatic carboxylic acids is 1. The van der Waals surface area contributed by atoms with Crippen LogP contribution >= 0.6 is 0 Å². The topological polar surface area (TPSA) is 196 Å². The average Bonchev–Trinajstić information content (AvgIpc) is 3.84. The van der Waals surface area contributed by atoms with Crippen molar-refractivity contribution in [2.75, 3.05) is 0 Å². The molecule has 1 atom stereocenters. The lowest BCUT2D eigenvalue weighted by Crippen LogP contribution is -2.32. The maximum absolute atomic E-state index is 12.9. The van der Waals surface area contributed by atoms with Crippen LogP contribution in [0.5, 0.6) is 0 Å². The smallest absolute Gasteiger partial charge is 0.338 e. The highest BCUT2D eigenvalue weighted by Gasteiger charge is 2.34. The fourth-order valence-electron chi connectivity index (χ4n) is 7.04. The molecule has 8 bridgehead atoms. The Morgan fingerprint density at radius 3 is 2.30 bits per heavy atom. The number of carboxylic acid groups (broad SMARTS) is 2. The molecule has 3 aliphatic heterocycles. The van der Waals surface area contributed by atoms with Crippen molar-refractivity contribution in [1.82, 2.24) is 25.0 Å². The summed E-state index contributed by atoms with van der Waals surface area (Å²) in [6, 6.07) is 5.61. The van der Waals surface area contributed by atoms with Crippen LogP contribution in [-0.2, 0) is 43.3 Å². The molecule has 0 radical (unpaired) electrons. The molecule has 6 heterocycles. The van der Waals surface area contributed by atoms with Gasteiger partial charge in [0.05, 0.1) is 34.6 Å². The van der Waals surface area contributed by atoms with Gasteiger partial charge in [-0.2, -0.15) is 0 Å². The van der Waals surface area contributed by atoms with Crippen molar-refractivity contribution in [3.05, 3.63) is 81.4 Å². The zero-order chi connectivity index (χ0) is 36.0. The van der Waals surface area contributed by atoms with E-state index in [4.69, 9.17) is 14.8 Å². The summed E-state index contributed by atoms with van der Waals surface area (Å²) in [5.41, 5.74) is 8.68. The zero-order valence-corrected chi connectivity index (χ0v) is 28.2. The largest absolute Gasteiger partial charge is 0.481 e. The van der Waals surface area contributed by atoms with Gasteiger partial charge in [0, 0.05) is 58.6 Å². The molecule has 1 saturated heterocycles. The number of hydrogen-bond donors (Lipinski definition) is 4. The van der Waals surface area contributed by atoms with Crippen LogP contribution in [0.25, 0.3) is 33.2 Å². The van der Waals surface area contributed by atoms with Gasteiger partial charge in [-0.05, 0) is 80.5 Å². The molecule has 50 heavy (non-hydrogen) atoms. The van der Waals surface area contributed by atoms with Gasteiger partial charge in [-0.1, -0.05) is 19.6 Å². The van der Waals surface area contributed by atoms with Gasteiger partial charge >= 0.3 is 17.9 Å². The van der Waals surface area contributed by atoms with Crippen LogP contribution in [0, 0.1) is 13.8 Å². The fourth-order valence-corrected chi connectivity index (χ4v) is 7.04. The first kappa shape index (κ1) is 34.0. The molecule has 3 aromatic heterocycles. The molecule has 0 spiro atoms. The molecule has 13 nitrogen and oxygen atoms in total. The lowest BCUT2D eigenvalue weighted by molar-refractivity contribution is -0.197. The summed E-state index contributed by atoms with van der Waals surface area (Å²) in [6.45, 7) is 11.7. The van der Waals surface area contributed by atoms with Gasteiger partial charge in [0.1, 0.15) is 0 Å². The number of amides is 2. The lowest BCUT2D eigenvalue weighted by atomic mass is 9.92. The molecule has 13 heteroatoms. The van der Waals surface area contributed by atoms with Crippen LogP contribution in [0.15, 0.2) is 30.9 Å². The molecule has 1 fully saturated rings. The third-order valence-corrected chi connectivity index (χ3v) is 9.63. The minimum atomic E-state index is -1.24. The minimum absolute atomic E-state index is 0.0410. The summed E-state index contributed by atoms with van der Waals surface area (Å²) in [5.74, 6) is -4.98. The molecule has 0 aliphatic carbocycles. The fraction of sp³-hybridized carbons (Fsp3) is 0.324. The quantitative estimate of drug-likeness (QED) is 0.205. The Bertz CT molecular complexity index is 2210. The van der Waals surface area contributed by atoms with Crippen molar-refractivity contribution in [3.63, 3.8) is 0 Å². The second-order valence-corrected chi connectivity index (χ2v) is 12.7. The van der Waals surface area contributed by atoms with Gasteiger partial charge in [0.25, 0.3) is 11.8 Å². The molecular weight excluding hydrogens is 642 g/mol. The third kappa shape index (κ3) is 6.10. The molecular formula is C37H37N5O8. The molecule has 4 N–H and O–H groups in total. The van der Waals surface area contributed by atoms with E-state index < -0.39 is 42.1 Å². The highest BCUT2D eigenvalue weighted by Crippen LogP contribution is 2.37. The van der Waals surface area contributed by atoms with E-state index in [9.17, 15) is 34.2 Å². The molecule has 6 rings (SSSR count). The van der Waals surface area contributed by atoms with E-state index in [1.54, 1.807) is 13.0 Å². The molecule has 0 saturated carbocycles. The number of carbonyl (C=O) groups excluding carboxylic acids is 3. The van der Waals surface area contributed by atoms with Gasteiger partial charge in [0.15, 0.2) is 0 Å². The van der Waals surface area contributed by atoms with Gasteiger partial charge in [-0.3, -0.25) is 19.4 Å². The van der Waals surface area contributed by atoms with Crippen molar-refractivity contribution < 1.29 is 39.0 Å². The molecule has 258 valence electrons. The maximum atomic E-state index is 12.9. The second kappa shape index (κ2) is 13.2. The lowest BCUT2D eigenvalue weighted by Gasteiger charge is -2.15. The van der Waals surface area contributed by atoms with Gasteiger partial charge in [-0.15, -0.1) is 5.06 Å². The summed E-state index contributed by atoms with van der Waals surface area (Å²) in [4.78, 5) is 83.7. The Labute approximate surface area is 286 Å². The number of imide groups is 1. The van der Waals surface area contributed by atoms with Crippen molar-refractivity contribution in [2.45, 2.75) is 78.6 Å². The zero-order valence-electron chi connectivity index (χ0n) is 28.2. The van der Waals surface area contributed by atoms with E-state index in [1.165, 1.54) is 0 Å². The van der Waals surface area contributed by atoms with Crippen LogP contribution in [0.2, 0.25) is 0 Å². The number of nitrogens with zero attached hydrogens (tertiary/aromatic N) is 3. The number of aromatic carboxylic acids is 1. The van der Waals surface area contributed by atoms with E-state index in [0.29, 0.717) is 45.3 Å². The van der Waals surface area contributed by atoms with Crippen molar-refractivity contribution >= 4 is 62.9 Å². The molecule has 3 aliphatic rings. The van der Waals surface area contributed by atoms with E-state index in [-0.39, 0.29) is 48.7 Å². The minimum Gasteiger partial charge on any atom is -0.481 e. The first-order chi connectivity index (χ1) is 23.8. The number of fused-ring (bicyclic) bond motifs is 8. The Kier molecular flexibility index (Phi) is 9.00. The number of H-pyrrole nitrogens is 2. The van der Waals surface area contributed by atoms with E-state index in [0.717, 1.165) is 33.3 Å². The van der Waals surface area contributed by atoms with Crippen molar-refractivity contribution in [1.29, 1.82) is 0 Å². The molecule has 0 aromatic carbocycles. The second-order valence-electron chi connectivity index (χ2n) is 12.7. The summed E-state index contributed by atoms with van der Waals surface area (Å²) in [6.07, 6.45) is 1.98. The summed E-state index contributed by atoms with van der Waals surface area (Å²) >= 11 is 0. The number of allylic oxidation sites excluding steroid dienone is 3. The van der Waals surface area contributed by atoms with Crippen LogP contribution in [0.4, 0.5) is 0 Å². The Hall–Kier alpha value is -5.85. The first-order valence-corrected chi connectivity index (χ1v) is 16.4. The third-order valence-electron chi connectivity index (χ3n) is 9.63. The van der Waals surface area contributed by atoms with E-state index in [2.05, 4.69) is 16.5 Å². The number of carboxylic acids is 2. The van der Waals surface area contributed by atoms with Crippen LogP contribution < -0.4 is 0 Å². The molecule has 0 unspecified atom stereocenters. The number of aromatic nitrogens is 4. The number of aromatic amines is 2. The predicted octanol–water partition coefficient (Wildman–Crippen LogP) is 5.65. The van der Waals surface area contributed by atoms with E-state index >= 15 is 0 Å². The highest BCUT2D eigenvalue weighted by atomic mass is 16.7. The summed E-state index contributed by atoms with van der Waals surface area (Å²) in [7, 11) is 0. The number of carbonyl (C=O) groups is 5. The number of aryl methyl sites for hydroxylation is 3. The van der Waals surface area contributed by atoms with Crippen molar-refractivity contribution in [2.24, 2.45) is 0 Å². The predicted molar refractivity (Wildman–Crippen MR) is 184 cm³/mol. The highest BCUT2D eigenvalue weighted by molar-refractivity contribution is 6.03. The Morgan fingerprint density at radius 2 is 1.66 bits per heavy atom. The van der Waals surface area contributed by atoms with E-state index in [1.807, 2.05) is 39.0 Å². The Balaban J connectivity index is 1.63. The normalized spacial score (nSPS) is 15.9. The van der Waals surface area contributed by atoms with Crippen LogP contribution in [0.3, 0.4) is 0 Å². The standard InChI is InChI=1S/C37H37N5O8/c1-6-22-17(3)25-13-21-12-20(8-11-33(47)50-42-30(43)9-10-31(42)44)35(38-21)24(14-32(45)46)36-34(37(48)49)19(5)27(41-36)16-29-23(7-2)18(4)26(40-29)15-28(22)39-25/h6,13,15-16,20,40-41H,1,7-12,14H2,2-5H3,(H,45,46)(H,48,49)/t20-/m0/s1. The summed E-state index contributed by atoms with van der Waals surface area (Å²) < 4.78 is 0. The maximum Gasteiger partial charge on any atom is 0.338 e. The summed E-state index contributed by atoms with van der Waals surface area (Å²) in [5, 5.41) is 21.0. The van der Waals surface area contributed by atoms with Gasteiger partial charge in [0.2, 0.25) is 0 Å². The molecule has 2 amide bonds. The number of rotatable bonds is 9. The van der Waals surface area contributed by atoms with Crippen LogP contribution in [0.1, 0.15) is 101 Å². The van der Waals surface area contributed by atoms with Crippen LogP contribution in [-0.4, -0.2) is 64.9 Å². The van der Waals surface area contributed by atoms with Gasteiger partial charge < -0.3 is 25.0 Å².